The number of Topliss-reactive ketones (excluding diaryl/α,β-unsaturated/α-hetero) is 1. The first-order chi connectivity index (χ1) is 10.1. The highest BCUT2D eigenvalue weighted by Gasteiger charge is 2.22. The van der Waals surface area contributed by atoms with E-state index in [0.717, 1.165) is 25.9 Å². The van der Waals surface area contributed by atoms with Gasteiger partial charge in [-0.1, -0.05) is 12.1 Å². The van der Waals surface area contributed by atoms with Crippen molar-refractivity contribution in [3.05, 3.63) is 29.8 Å². The van der Waals surface area contributed by atoms with Crippen LogP contribution >= 0.6 is 12.4 Å². The zero-order chi connectivity index (χ0) is 15.2. The van der Waals surface area contributed by atoms with E-state index in [-0.39, 0.29) is 36.7 Å². The molecule has 6 heteroatoms. The number of carbonyl (C=O) groups excluding carboxylic acids is 2. The average Bonchev–Trinajstić information content (AvgIpc) is 2.53. The van der Waals surface area contributed by atoms with Crippen LogP contribution in [0.2, 0.25) is 0 Å². The third-order valence-electron chi connectivity index (χ3n) is 3.85. The summed E-state index contributed by atoms with van der Waals surface area (Å²) in [6.45, 7) is 3.41. The Morgan fingerprint density at radius 2 is 2.00 bits per heavy atom. The average molecular weight is 327 g/mol. The van der Waals surface area contributed by atoms with Gasteiger partial charge in [-0.2, -0.15) is 0 Å². The summed E-state index contributed by atoms with van der Waals surface area (Å²) in [7, 11) is 1.83. The van der Waals surface area contributed by atoms with E-state index in [1.165, 1.54) is 6.92 Å². The minimum absolute atomic E-state index is 0. The number of nitrogens with one attached hydrogen (secondary N) is 1. The second-order valence-corrected chi connectivity index (χ2v) is 5.36. The van der Waals surface area contributed by atoms with Crippen LogP contribution in [0, 0.1) is 0 Å². The van der Waals surface area contributed by atoms with Crippen molar-refractivity contribution >= 4 is 24.1 Å². The molecule has 122 valence electrons. The lowest BCUT2D eigenvalue weighted by molar-refractivity contribution is -0.134. The molecular formula is C16H23ClN2O3. The van der Waals surface area contributed by atoms with Gasteiger partial charge in [-0.25, -0.2) is 0 Å². The molecule has 0 aromatic heterocycles. The zero-order valence-electron chi connectivity index (χ0n) is 13.0. The molecule has 1 aliphatic rings. The molecule has 1 amide bonds. The zero-order valence-corrected chi connectivity index (χ0v) is 13.8. The number of hydrogen-bond donors (Lipinski definition) is 1. The van der Waals surface area contributed by atoms with Crippen molar-refractivity contribution in [2.75, 3.05) is 26.7 Å². The minimum atomic E-state index is -0.0323. The van der Waals surface area contributed by atoms with E-state index in [0.29, 0.717) is 11.3 Å². The summed E-state index contributed by atoms with van der Waals surface area (Å²) in [5.74, 6) is 0.503. The van der Waals surface area contributed by atoms with Crippen molar-refractivity contribution in [1.29, 1.82) is 0 Å². The van der Waals surface area contributed by atoms with Gasteiger partial charge in [0.2, 0.25) is 0 Å². The minimum Gasteiger partial charge on any atom is -0.484 e. The normalized spacial score (nSPS) is 14.8. The number of carbonyl (C=O) groups is 2. The summed E-state index contributed by atoms with van der Waals surface area (Å²) in [5.41, 5.74) is 0.589. The van der Waals surface area contributed by atoms with Gasteiger partial charge in [-0.15, -0.1) is 12.4 Å². The molecule has 0 spiro atoms. The lowest BCUT2D eigenvalue weighted by Crippen LogP contribution is -2.45. The molecule has 1 fully saturated rings. The molecule has 5 nitrogen and oxygen atoms in total. The summed E-state index contributed by atoms with van der Waals surface area (Å²) in [5, 5.41) is 3.28. The van der Waals surface area contributed by atoms with Gasteiger partial charge >= 0.3 is 0 Å². The van der Waals surface area contributed by atoms with Crippen LogP contribution in [0.15, 0.2) is 24.3 Å². The fraction of sp³-hybridized carbons (Fsp3) is 0.500. The maximum absolute atomic E-state index is 12.1. The number of ketones is 1. The van der Waals surface area contributed by atoms with Crippen molar-refractivity contribution in [2.24, 2.45) is 0 Å². The fourth-order valence-electron chi connectivity index (χ4n) is 2.45. The Morgan fingerprint density at radius 1 is 1.32 bits per heavy atom. The smallest absolute Gasteiger partial charge is 0.260 e. The van der Waals surface area contributed by atoms with Crippen LogP contribution in [0.25, 0.3) is 0 Å². The fourth-order valence-corrected chi connectivity index (χ4v) is 2.45. The first-order valence-electron chi connectivity index (χ1n) is 7.28. The van der Waals surface area contributed by atoms with Gasteiger partial charge < -0.3 is 15.0 Å². The van der Waals surface area contributed by atoms with E-state index in [2.05, 4.69) is 5.32 Å². The molecule has 1 aromatic rings. The van der Waals surface area contributed by atoms with E-state index in [1.807, 2.05) is 7.05 Å². The Labute approximate surface area is 137 Å². The van der Waals surface area contributed by atoms with Crippen LogP contribution in [-0.4, -0.2) is 49.4 Å². The molecule has 1 N–H and O–H groups in total. The number of rotatable bonds is 5. The largest absolute Gasteiger partial charge is 0.484 e. The van der Waals surface area contributed by atoms with Crippen LogP contribution < -0.4 is 10.1 Å². The Kier molecular flexibility index (Phi) is 7.35. The van der Waals surface area contributed by atoms with Gasteiger partial charge in [-0.05, 0) is 45.0 Å². The molecule has 1 heterocycles. The highest BCUT2D eigenvalue weighted by atomic mass is 35.5. The number of piperidine rings is 1. The van der Waals surface area contributed by atoms with Gasteiger partial charge in [0.15, 0.2) is 12.4 Å². The molecule has 0 unspecified atom stereocenters. The number of likely N-dealkylation sites (N-methyl/N-ethyl adjacent to an activating group) is 1. The predicted octanol–water partition coefficient (Wildman–Crippen LogP) is 1.90. The molecule has 0 radical (unpaired) electrons. The number of amides is 1. The van der Waals surface area contributed by atoms with Gasteiger partial charge in [-0.3, -0.25) is 9.59 Å². The predicted molar refractivity (Wildman–Crippen MR) is 87.9 cm³/mol. The second kappa shape index (κ2) is 8.76. The Bertz CT molecular complexity index is 516. The van der Waals surface area contributed by atoms with Gasteiger partial charge in [0.05, 0.1) is 0 Å². The van der Waals surface area contributed by atoms with Crippen molar-refractivity contribution < 1.29 is 14.3 Å². The number of halogens is 1. The van der Waals surface area contributed by atoms with Crippen molar-refractivity contribution in [3.8, 4) is 5.75 Å². The SMILES string of the molecule is CC(=O)c1cccc(OCC(=O)N(C)C2CCNCC2)c1.Cl. The third kappa shape index (κ3) is 5.00. The van der Waals surface area contributed by atoms with E-state index in [9.17, 15) is 9.59 Å². The number of hydrogen-bond acceptors (Lipinski definition) is 4. The number of ether oxygens (including phenoxy) is 1. The van der Waals surface area contributed by atoms with Crippen LogP contribution in [0.4, 0.5) is 0 Å². The summed E-state index contributed by atoms with van der Waals surface area (Å²) in [4.78, 5) is 25.2. The van der Waals surface area contributed by atoms with Crippen LogP contribution in [0.1, 0.15) is 30.1 Å². The maximum atomic E-state index is 12.1. The lowest BCUT2D eigenvalue weighted by Gasteiger charge is -2.31. The molecule has 0 saturated carbocycles. The van der Waals surface area contributed by atoms with E-state index in [1.54, 1.807) is 29.2 Å². The van der Waals surface area contributed by atoms with Crippen molar-refractivity contribution in [3.63, 3.8) is 0 Å². The van der Waals surface area contributed by atoms with Crippen LogP contribution in [-0.2, 0) is 4.79 Å². The first-order valence-corrected chi connectivity index (χ1v) is 7.28. The molecule has 0 atom stereocenters. The standard InChI is InChI=1S/C16H22N2O3.ClH/c1-12(19)13-4-3-5-15(10-13)21-11-16(20)18(2)14-6-8-17-9-7-14;/h3-5,10,14,17H,6-9,11H2,1-2H3;1H. The van der Waals surface area contributed by atoms with Gasteiger partial charge in [0.1, 0.15) is 5.75 Å². The van der Waals surface area contributed by atoms with E-state index in [4.69, 9.17) is 4.74 Å². The van der Waals surface area contributed by atoms with Gasteiger partial charge in [0.25, 0.3) is 5.91 Å². The van der Waals surface area contributed by atoms with E-state index >= 15 is 0 Å². The molecular weight excluding hydrogens is 304 g/mol. The highest BCUT2D eigenvalue weighted by Crippen LogP contribution is 2.15. The Hall–Kier alpha value is -1.59. The molecule has 2 rings (SSSR count). The van der Waals surface area contributed by atoms with E-state index < -0.39 is 0 Å². The van der Waals surface area contributed by atoms with Crippen LogP contribution in [0.5, 0.6) is 5.75 Å². The maximum Gasteiger partial charge on any atom is 0.260 e. The topological polar surface area (TPSA) is 58.6 Å². The van der Waals surface area contributed by atoms with Crippen molar-refractivity contribution in [1.82, 2.24) is 10.2 Å². The summed E-state index contributed by atoms with van der Waals surface area (Å²) in [6.07, 6.45) is 1.95. The molecule has 0 bridgehead atoms. The molecule has 22 heavy (non-hydrogen) atoms. The summed E-state index contributed by atoms with van der Waals surface area (Å²) in [6, 6.07) is 7.20. The van der Waals surface area contributed by atoms with Crippen molar-refractivity contribution in [2.45, 2.75) is 25.8 Å². The second-order valence-electron chi connectivity index (χ2n) is 5.36. The lowest BCUT2D eigenvalue weighted by atomic mass is 10.1. The molecule has 1 saturated heterocycles. The quantitative estimate of drug-likeness (QED) is 0.840. The molecule has 0 aliphatic carbocycles. The molecule has 1 aliphatic heterocycles. The Morgan fingerprint density at radius 3 is 2.64 bits per heavy atom. The first kappa shape index (κ1) is 18.5. The van der Waals surface area contributed by atoms with Crippen LogP contribution in [0.3, 0.4) is 0 Å². The van der Waals surface area contributed by atoms with Gasteiger partial charge in [0, 0.05) is 18.7 Å². The molecule has 1 aromatic carbocycles. The number of benzene rings is 1. The summed E-state index contributed by atoms with van der Waals surface area (Å²) >= 11 is 0. The third-order valence-corrected chi connectivity index (χ3v) is 3.85. The Balaban J connectivity index is 0.00000242. The number of nitrogens with zero attached hydrogens (tertiary/aromatic N) is 1. The summed E-state index contributed by atoms with van der Waals surface area (Å²) < 4.78 is 5.51. The highest BCUT2D eigenvalue weighted by molar-refractivity contribution is 5.94. The monoisotopic (exact) mass is 326 g/mol.